The second-order valence-electron chi connectivity index (χ2n) is 6.86. The molecule has 8 nitrogen and oxygen atoms in total. The number of hydrogen-bond donors (Lipinski definition) is 2. The Bertz CT molecular complexity index is 1110. The lowest BCUT2D eigenvalue weighted by molar-refractivity contribution is -0.113. The third-order valence-corrected chi connectivity index (χ3v) is 6.81. The lowest BCUT2D eigenvalue weighted by Gasteiger charge is -2.08. The standard InChI is InChI=1S/C21H24FN5O3S2/c1-5-30-20(29)18-12(2)13(3)32-19(18)24-17(28)11-31-21-26-25-16(27(21)4)10-23-15-8-6-14(22)7-9-15/h6-9,23H,5,10-11H2,1-4H3,(H,24,28). The molecule has 1 amide bonds. The number of carbonyl (C=O) groups excluding carboxylic acids is 2. The fourth-order valence-corrected chi connectivity index (χ4v) is 4.63. The number of nitrogens with zero attached hydrogens (tertiary/aromatic N) is 3. The molecular formula is C21H24FN5O3S2. The van der Waals surface area contributed by atoms with E-state index in [4.69, 9.17) is 4.74 Å². The molecule has 0 aliphatic rings. The van der Waals surface area contributed by atoms with Gasteiger partial charge in [-0.15, -0.1) is 21.5 Å². The first kappa shape index (κ1) is 23.7. The monoisotopic (exact) mass is 477 g/mol. The van der Waals surface area contributed by atoms with Crippen LogP contribution in [0.5, 0.6) is 0 Å². The Balaban J connectivity index is 1.58. The number of aryl methyl sites for hydroxylation is 1. The normalized spacial score (nSPS) is 10.8. The van der Waals surface area contributed by atoms with Crippen LogP contribution >= 0.6 is 23.1 Å². The van der Waals surface area contributed by atoms with Crippen LogP contribution in [0.4, 0.5) is 15.1 Å². The van der Waals surface area contributed by atoms with Gasteiger partial charge in [-0.3, -0.25) is 4.79 Å². The molecule has 170 valence electrons. The SMILES string of the molecule is CCOC(=O)c1c(NC(=O)CSc2nnc(CNc3ccc(F)cc3)n2C)sc(C)c1C. The third-order valence-electron chi connectivity index (χ3n) is 4.67. The lowest BCUT2D eigenvalue weighted by Crippen LogP contribution is -2.16. The van der Waals surface area contributed by atoms with Crippen molar-refractivity contribution < 1.29 is 18.7 Å². The summed E-state index contributed by atoms with van der Waals surface area (Å²) in [6, 6.07) is 6.04. The zero-order valence-electron chi connectivity index (χ0n) is 18.2. The Morgan fingerprint density at radius 2 is 1.94 bits per heavy atom. The van der Waals surface area contributed by atoms with E-state index in [0.717, 1.165) is 16.1 Å². The van der Waals surface area contributed by atoms with Crippen LogP contribution in [-0.4, -0.2) is 39.0 Å². The van der Waals surface area contributed by atoms with Gasteiger partial charge in [0.1, 0.15) is 10.8 Å². The van der Waals surface area contributed by atoms with Gasteiger partial charge in [0.05, 0.1) is 24.5 Å². The quantitative estimate of drug-likeness (QED) is 0.353. The van der Waals surface area contributed by atoms with Gasteiger partial charge in [-0.25, -0.2) is 9.18 Å². The number of nitrogens with one attached hydrogen (secondary N) is 2. The molecule has 0 aliphatic carbocycles. The molecule has 2 N–H and O–H groups in total. The molecule has 3 rings (SSSR count). The topological polar surface area (TPSA) is 98.1 Å². The maximum Gasteiger partial charge on any atom is 0.341 e. The first-order valence-electron chi connectivity index (χ1n) is 9.87. The first-order valence-corrected chi connectivity index (χ1v) is 11.7. The van der Waals surface area contributed by atoms with Gasteiger partial charge in [0.25, 0.3) is 0 Å². The number of aromatic nitrogens is 3. The van der Waals surface area contributed by atoms with E-state index >= 15 is 0 Å². The molecule has 0 aliphatic heterocycles. The summed E-state index contributed by atoms with van der Waals surface area (Å²) >= 11 is 2.59. The smallest absolute Gasteiger partial charge is 0.341 e. The predicted molar refractivity (Wildman–Crippen MR) is 124 cm³/mol. The summed E-state index contributed by atoms with van der Waals surface area (Å²) in [4.78, 5) is 25.7. The summed E-state index contributed by atoms with van der Waals surface area (Å²) in [6.45, 7) is 6.14. The number of ether oxygens (including phenoxy) is 1. The maximum absolute atomic E-state index is 13.0. The fourth-order valence-electron chi connectivity index (χ4n) is 2.83. The maximum atomic E-state index is 13.0. The van der Waals surface area contributed by atoms with E-state index < -0.39 is 5.97 Å². The van der Waals surface area contributed by atoms with E-state index in [1.807, 2.05) is 20.9 Å². The first-order chi connectivity index (χ1) is 15.3. The summed E-state index contributed by atoms with van der Waals surface area (Å²) in [5, 5.41) is 15.3. The van der Waals surface area contributed by atoms with E-state index in [0.29, 0.717) is 28.1 Å². The number of carbonyl (C=O) groups is 2. The summed E-state index contributed by atoms with van der Waals surface area (Å²) in [5.41, 5.74) is 1.98. The largest absolute Gasteiger partial charge is 0.462 e. The Morgan fingerprint density at radius 1 is 1.22 bits per heavy atom. The molecule has 0 unspecified atom stereocenters. The number of anilines is 2. The van der Waals surface area contributed by atoms with Gasteiger partial charge in [-0.2, -0.15) is 0 Å². The van der Waals surface area contributed by atoms with Crippen LogP contribution in [-0.2, 0) is 23.1 Å². The number of rotatable bonds is 9. The molecule has 0 saturated heterocycles. The Labute approximate surface area is 193 Å². The van der Waals surface area contributed by atoms with Crippen molar-refractivity contribution in [3.8, 4) is 0 Å². The number of esters is 1. The minimum Gasteiger partial charge on any atom is -0.462 e. The van der Waals surface area contributed by atoms with Gasteiger partial charge >= 0.3 is 5.97 Å². The lowest BCUT2D eigenvalue weighted by atomic mass is 10.1. The van der Waals surface area contributed by atoms with E-state index in [9.17, 15) is 14.0 Å². The number of thiophene rings is 1. The van der Waals surface area contributed by atoms with Crippen molar-refractivity contribution in [1.82, 2.24) is 14.8 Å². The summed E-state index contributed by atoms with van der Waals surface area (Å²) in [5.74, 6) is -0.213. The van der Waals surface area contributed by atoms with Crippen LogP contribution in [0.3, 0.4) is 0 Å². The number of amides is 1. The van der Waals surface area contributed by atoms with Gasteiger partial charge in [-0.1, -0.05) is 11.8 Å². The molecule has 0 bridgehead atoms. The van der Waals surface area contributed by atoms with Crippen molar-refractivity contribution in [3.05, 3.63) is 51.9 Å². The molecule has 0 atom stereocenters. The zero-order chi connectivity index (χ0) is 23.3. The second kappa shape index (κ2) is 10.6. The molecule has 2 aromatic heterocycles. The van der Waals surface area contributed by atoms with Crippen LogP contribution in [0.2, 0.25) is 0 Å². The zero-order valence-corrected chi connectivity index (χ0v) is 19.8. The van der Waals surface area contributed by atoms with Gasteiger partial charge < -0.3 is 19.9 Å². The van der Waals surface area contributed by atoms with Gasteiger partial charge in [0, 0.05) is 17.6 Å². The van der Waals surface area contributed by atoms with E-state index in [2.05, 4.69) is 20.8 Å². The van der Waals surface area contributed by atoms with Crippen LogP contribution in [0, 0.1) is 19.7 Å². The Morgan fingerprint density at radius 3 is 2.62 bits per heavy atom. The summed E-state index contributed by atoms with van der Waals surface area (Å²) in [6.07, 6.45) is 0. The van der Waals surface area contributed by atoms with E-state index in [1.54, 1.807) is 23.6 Å². The minimum atomic E-state index is -0.441. The van der Waals surface area contributed by atoms with Crippen LogP contribution in [0.25, 0.3) is 0 Å². The molecule has 32 heavy (non-hydrogen) atoms. The van der Waals surface area contributed by atoms with Crippen LogP contribution in [0.15, 0.2) is 29.4 Å². The molecule has 0 radical (unpaired) electrons. The van der Waals surface area contributed by atoms with Crippen molar-refractivity contribution >= 4 is 45.7 Å². The highest BCUT2D eigenvalue weighted by Gasteiger charge is 2.22. The number of benzene rings is 1. The molecule has 3 aromatic rings. The van der Waals surface area contributed by atoms with Crippen molar-refractivity contribution in [2.75, 3.05) is 23.0 Å². The predicted octanol–water partition coefficient (Wildman–Crippen LogP) is 4.15. The average Bonchev–Trinajstić information content (AvgIpc) is 3.24. The van der Waals surface area contributed by atoms with Crippen LogP contribution in [0.1, 0.15) is 33.5 Å². The van der Waals surface area contributed by atoms with Crippen molar-refractivity contribution in [3.63, 3.8) is 0 Å². The second-order valence-corrected chi connectivity index (χ2v) is 9.03. The van der Waals surface area contributed by atoms with Crippen molar-refractivity contribution in [1.29, 1.82) is 0 Å². The highest BCUT2D eigenvalue weighted by molar-refractivity contribution is 7.99. The summed E-state index contributed by atoms with van der Waals surface area (Å²) in [7, 11) is 1.81. The minimum absolute atomic E-state index is 0.107. The Kier molecular flexibility index (Phi) is 7.86. The van der Waals surface area contributed by atoms with Gasteiger partial charge in [0.2, 0.25) is 5.91 Å². The molecule has 11 heteroatoms. The van der Waals surface area contributed by atoms with E-state index in [1.165, 1.54) is 35.2 Å². The van der Waals surface area contributed by atoms with Gasteiger partial charge in [-0.05, 0) is 50.6 Å². The molecule has 0 fully saturated rings. The highest BCUT2D eigenvalue weighted by Crippen LogP contribution is 2.33. The molecule has 0 spiro atoms. The van der Waals surface area contributed by atoms with Gasteiger partial charge in [0.15, 0.2) is 11.0 Å². The number of hydrogen-bond acceptors (Lipinski definition) is 8. The summed E-state index contributed by atoms with van der Waals surface area (Å²) < 4.78 is 19.9. The van der Waals surface area contributed by atoms with E-state index in [-0.39, 0.29) is 24.1 Å². The van der Waals surface area contributed by atoms with Crippen molar-refractivity contribution in [2.45, 2.75) is 32.5 Å². The average molecular weight is 478 g/mol. The number of thioether (sulfide) groups is 1. The number of halogens is 1. The Hall–Kier alpha value is -2.92. The fraction of sp³-hybridized carbons (Fsp3) is 0.333. The highest BCUT2D eigenvalue weighted by atomic mass is 32.2. The molecule has 2 heterocycles. The molecule has 0 saturated carbocycles. The van der Waals surface area contributed by atoms with Crippen LogP contribution < -0.4 is 10.6 Å². The molecule has 1 aromatic carbocycles. The molecular weight excluding hydrogens is 453 g/mol. The van der Waals surface area contributed by atoms with Crippen molar-refractivity contribution in [2.24, 2.45) is 7.05 Å². The third kappa shape index (κ3) is 5.65.